The molecule has 1 saturated heterocycles. The number of ether oxygens (including phenoxy) is 1. The van der Waals surface area contributed by atoms with Gasteiger partial charge in [0.05, 0.1) is 12.7 Å². The quantitative estimate of drug-likeness (QED) is 0.792. The van der Waals surface area contributed by atoms with Crippen molar-refractivity contribution in [1.29, 1.82) is 0 Å². The topological polar surface area (TPSA) is 41.5 Å². The van der Waals surface area contributed by atoms with Gasteiger partial charge in [0.1, 0.15) is 5.75 Å². The van der Waals surface area contributed by atoms with Gasteiger partial charge in [0, 0.05) is 17.0 Å². The Balaban J connectivity index is 1.67. The van der Waals surface area contributed by atoms with Gasteiger partial charge in [-0.1, -0.05) is 32.9 Å². The van der Waals surface area contributed by atoms with Crippen molar-refractivity contribution in [3.05, 3.63) is 29.3 Å². The minimum atomic E-state index is -0.637. The molecule has 1 spiro atoms. The zero-order chi connectivity index (χ0) is 19.9. The fourth-order valence-electron chi connectivity index (χ4n) is 7.93. The van der Waals surface area contributed by atoms with E-state index < -0.39 is 5.60 Å². The lowest BCUT2D eigenvalue weighted by molar-refractivity contribution is -0.197. The Morgan fingerprint density at radius 3 is 2.64 bits per heavy atom. The molecular weight excluding hydrogens is 346 g/mol. The van der Waals surface area contributed by atoms with Crippen molar-refractivity contribution < 1.29 is 9.84 Å². The van der Waals surface area contributed by atoms with Crippen LogP contribution in [-0.4, -0.2) is 30.4 Å². The first-order valence-electron chi connectivity index (χ1n) is 11.3. The van der Waals surface area contributed by atoms with Gasteiger partial charge in [-0.25, -0.2) is 0 Å². The maximum absolute atomic E-state index is 11.7. The first-order valence-corrected chi connectivity index (χ1v) is 11.3. The van der Waals surface area contributed by atoms with Gasteiger partial charge in [0.15, 0.2) is 0 Å². The molecule has 1 aromatic rings. The first-order chi connectivity index (χ1) is 13.2. The van der Waals surface area contributed by atoms with Crippen LogP contribution in [0.2, 0.25) is 0 Å². The molecule has 0 amide bonds. The van der Waals surface area contributed by atoms with Gasteiger partial charge in [-0.3, -0.25) is 0 Å². The van der Waals surface area contributed by atoms with Crippen molar-refractivity contribution in [2.24, 2.45) is 22.7 Å². The van der Waals surface area contributed by atoms with E-state index in [1.807, 2.05) is 7.11 Å². The van der Waals surface area contributed by atoms with E-state index in [1.165, 1.54) is 36.8 Å². The molecule has 4 aliphatic carbocycles. The number of nitrogens with one attached hydrogen (secondary N) is 1. The third-order valence-corrected chi connectivity index (χ3v) is 9.76. The molecule has 28 heavy (non-hydrogen) atoms. The van der Waals surface area contributed by atoms with Crippen LogP contribution in [0.4, 0.5) is 0 Å². The third-order valence-electron chi connectivity index (χ3n) is 9.76. The predicted octanol–water partition coefficient (Wildman–Crippen LogP) is 4.45. The number of rotatable bonds is 2. The summed E-state index contributed by atoms with van der Waals surface area (Å²) in [6, 6.07) is 7.20. The summed E-state index contributed by atoms with van der Waals surface area (Å²) in [5.41, 5.74) is 2.74. The number of hydrogen-bond acceptors (Lipinski definition) is 3. The minimum absolute atomic E-state index is 0.105. The number of hydrogen-bond donors (Lipinski definition) is 2. The van der Waals surface area contributed by atoms with Gasteiger partial charge in [-0.2, -0.15) is 0 Å². The molecule has 3 nitrogen and oxygen atoms in total. The molecule has 0 aromatic heterocycles. The molecule has 1 aromatic carbocycles. The highest BCUT2D eigenvalue weighted by atomic mass is 16.5. The van der Waals surface area contributed by atoms with E-state index in [-0.39, 0.29) is 16.2 Å². The highest BCUT2D eigenvalue weighted by Crippen LogP contribution is 2.72. The molecule has 2 N–H and O–H groups in total. The van der Waals surface area contributed by atoms with Crippen LogP contribution in [0, 0.1) is 22.7 Å². The second-order valence-electron chi connectivity index (χ2n) is 11.4. The summed E-state index contributed by atoms with van der Waals surface area (Å²) in [5.74, 6) is 2.09. The number of methoxy groups -OCH3 is 1. The van der Waals surface area contributed by atoms with E-state index in [0.29, 0.717) is 17.9 Å². The lowest BCUT2D eigenvalue weighted by atomic mass is 9.35. The largest absolute Gasteiger partial charge is 0.496 e. The molecule has 3 heteroatoms. The molecule has 5 aliphatic rings. The van der Waals surface area contributed by atoms with Crippen LogP contribution in [-0.2, 0) is 11.8 Å². The summed E-state index contributed by atoms with van der Waals surface area (Å²) < 4.78 is 5.93. The van der Waals surface area contributed by atoms with E-state index in [4.69, 9.17) is 4.74 Å². The van der Waals surface area contributed by atoms with Crippen molar-refractivity contribution in [2.75, 3.05) is 13.7 Å². The average molecular weight is 384 g/mol. The zero-order valence-corrected chi connectivity index (χ0v) is 18.3. The van der Waals surface area contributed by atoms with Crippen molar-refractivity contribution >= 4 is 0 Å². The minimum Gasteiger partial charge on any atom is -0.496 e. The number of fused-ring (bicyclic) bond motifs is 3. The first kappa shape index (κ1) is 18.9. The fourth-order valence-corrected chi connectivity index (χ4v) is 7.93. The maximum Gasteiger partial charge on any atom is 0.122 e. The molecule has 1 aliphatic heterocycles. The molecular formula is C25H37NO2. The maximum atomic E-state index is 11.7. The van der Waals surface area contributed by atoms with E-state index in [9.17, 15) is 5.11 Å². The van der Waals surface area contributed by atoms with Gasteiger partial charge in [0.2, 0.25) is 0 Å². The van der Waals surface area contributed by atoms with Crippen molar-refractivity contribution in [1.82, 2.24) is 5.32 Å². The summed E-state index contributed by atoms with van der Waals surface area (Å²) in [6.07, 6.45) is 7.23. The second-order valence-corrected chi connectivity index (χ2v) is 11.4. The van der Waals surface area contributed by atoms with Crippen molar-refractivity contribution in [3.63, 3.8) is 0 Å². The summed E-state index contributed by atoms with van der Waals surface area (Å²) in [7, 11) is 1.83. The third kappa shape index (κ3) is 2.13. The van der Waals surface area contributed by atoms with Crippen molar-refractivity contribution in [2.45, 2.75) is 83.3 Å². The zero-order valence-electron chi connectivity index (χ0n) is 18.3. The Kier molecular flexibility index (Phi) is 3.89. The molecule has 4 fully saturated rings. The number of aliphatic hydroxyl groups is 1. The lowest BCUT2D eigenvalue weighted by Gasteiger charge is -2.71. The smallest absolute Gasteiger partial charge is 0.122 e. The van der Waals surface area contributed by atoms with Gasteiger partial charge in [-0.05, 0) is 86.3 Å². The normalized spacial score (nSPS) is 41.0. The average Bonchev–Trinajstić information content (AvgIpc) is 2.65. The van der Waals surface area contributed by atoms with Crippen LogP contribution in [0.5, 0.6) is 5.75 Å². The second kappa shape index (κ2) is 5.76. The molecule has 1 heterocycles. The molecule has 3 saturated carbocycles. The molecule has 4 unspecified atom stereocenters. The Hall–Kier alpha value is -1.06. The van der Waals surface area contributed by atoms with Gasteiger partial charge in [0.25, 0.3) is 0 Å². The summed E-state index contributed by atoms with van der Waals surface area (Å²) in [5, 5.41) is 15.6. The fraction of sp³-hybridized carbons (Fsp3) is 0.760. The molecule has 4 bridgehead atoms. The number of benzene rings is 1. The van der Waals surface area contributed by atoms with Crippen LogP contribution in [0.25, 0.3) is 0 Å². The Labute approximate surface area is 170 Å². The summed E-state index contributed by atoms with van der Waals surface area (Å²) in [4.78, 5) is 0. The monoisotopic (exact) mass is 383 g/mol. The Morgan fingerprint density at radius 2 is 1.93 bits per heavy atom. The Bertz CT molecular complexity index is 794. The van der Waals surface area contributed by atoms with E-state index in [1.54, 1.807) is 0 Å². The highest BCUT2D eigenvalue weighted by Gasteiger charge is 2.69. The summed E-state index contributed by atoms with van der Waals surface area (Å²) >= 11 is 0. The highest BCUT2D eigenvalue weighted by molar-refractivity contribution is 5.52. The van der Waals surface area contributed by atoms with Crippen LogP contribution >= 0.6 is 0 Å². The van der Waals surface area contributed by atoms with E-state index in [0.717, 1.165) is 25.1 Å². The van der Waals surface area contributed by atoms with Gasteiger partial charge < -0.3 is 15.2 Å². The summed E-state index contributed by atoms with van der Waals surface area (Å²) in [6.45, 7) is 9.85. The lowest BCUT2D eigenvalue weighted by Crippen LogP contribution is -2.73. The molecule has 6 atom stereocenters. The standard InChI is InChI=1S/C25H37NO2/c1-22(2,3)23(4,27)18-15-24-10-9-17(18)14-25(24)11-12-26-20(24)13-16-7-6-8-19(28-5)21(16)25/h6-8,17-18,20,26-27H,9-15H2,1-5H3/t17?,18?,20-,23?,24?,25-/m1/s1. The van der Waals surface area contributed by atoms with Crippen molar-refractivity contribution in [3.8, 4) is 5.75 Å². The molecule has 154 valence electrons. The molecule has 6 rings (SSSR count). The van der Waals surface area contributed by atoms with Gasteiger partial charge in [-0.15, -0.1) is 0 Å². The van der Waals surface area contributed by atoms with Crippen LogP contribution in [0.15, 0.2) is 18.2 Å². The SMILES string of the molecule is COc1cccc2c1[C@]13CCN[C@H](C2)C12CCC(C3)C(C(C)(O)C(C)(C)C)C2. The Morgan fingerprint density at radius 1 is 1.14 bits per heavy atom. The van der Waals surface area contributed by atoms with Crippen LogP contribution in [0.1, 0.15) is 70.9 Å². The van der Waals surface area contributed by atoms with Crippen LogP contribution in [0.3, 0.4) is 0 Å². The van der Waals surface area contributed by atoms with E-state index >= 15 is 0 Å². The number of piperidine rings is 1. The van der Waals surface area contributed by atoms with Crippen LogP contribution < -0.4 is 10.1 Å². The molecule has 0 radical (unpaired) electrons. The van der Waals surface area contributed by atoms with E-state index in [2.05, 4.69) is 51.2 Å². The van der Waals surface area contributed by atoms with Gasteiger partial charge >= 0.3 is 0 Å². The predicted molar refractivity (Wildman–Crippen MR) is 113 cm³/mol.